The van der Waals surface area contributed by atoms with E-state index in [-0.39, 0.29) is 24.6 Å². The summed E-state index contributed by atoms with van der Waals surface area (Å²) in [5.41, 5.74) is 7.41. The van der Waals surface area contributed by atoms with Crippen molar-refractivity contribution in [1.82, 2.24) is 9.97 Å². The number of benzene rings is 1. The quantitative estimate of drug-likeness (QED) is 0.800. The summed E-state index contributed by atoms with van der Waals surface area (Å²) >= 11 is 0. The molecule has 1 aliphatic heterocycles. The van der Waals surface area contributed by atoms with Crippen LogP contribution in [-0.4, -0.2) is 41.9 Å². The fourth-order valence-electron chi connectivity index (χ4n) is 2.74. The molecule has 2 N–H and O–H groups in total. The average molecular weight is 377 g/mol. The lowest BCUT2D eigenvalue weighted by atomic mass is 9.90. The second-order valence-electron chi connectivity index (χ2n) is 6.11. The molecule has 1 unspecified atom stereocenters. The zero-order valence-electron chi connectivity index (χ0n) is 14.6. The van der Waals surface area contributed by atoms with Crippen LogP contribution in [0.15, 0.2) is 41.7 Å². The largest absolute Gasteiger partial charge is 0.480 e. The van der Waals surface area contributed by atoms with Gasteiger partial charge in [0.1, 0.15) is 23.7 Å². The predicted octanol–water partition coefficient (Wildman–Crippen LogP) is 1.94. The number of carbonyl (C=O) groups excluding carboxylic acids is 1. The van der Waals surface area contributed by atoms with Gasteiger partial charge in [-0.3, -0.25) is 9.79 Å². The molecule has 0 radical (unpaired) electrons. The van der Waals surface area contributed by atoms with Crippen LogP contribution in [0.5, 0.6) is 5.88 Å². The van der Waals surface area contributed by atoms with Crippen LogP contribution in [-0.2, 0) is 16.7 Å². The number of carbonyl (C=O) groups is 1. The Morgan fingerprint density at radius 1 is 1.35 bits per heavy atom. The molecule has 0 aliphatic carbocycles. The molecule has 3 rings (SSSR count). The number of halogens is 1. The Labute approximate surface area is 158 Å². The molecule has 2 heterocycles. The van der Waals surface area contributed by atoms with E-state index in [1.807, 2.05) is 31.2 Å². The zero-order valence-corrected chi connectivity index (χ0v) is 15.5. The first kappa shape index (κ1) is 19.8. The second-order valence-corrected chi connectivity index (χ2v) is 6.11. The number of Topliss-reactive ketones (excluding diaryl/α,β-unsaturated/α-hetero) is 1. The van der Waals surface area contributed by atoms with Gasteiger partial charge in [-0.1, -0.05) is 24.3 Å². The number of ether oxygens (including phenoxy) is 2. The zero-order chi connectivity index (χ0) is 17.9. The molecular formula is C18H21ClN4O3. The van der Waals surface area contributed by atoms with E-state index in [1.54, 1.807) is 0 Å². The van der Waals surface area contributed by atoms with E-state index in [1.165, 1.54) is 19.5 Å². The molecule has 1 atom stereocenters. The first-order chi connectivity index (χ1) is 12.0. The maximum absolute atomic E-state index is 12.4. The van der Waals surface area contributed by atoms with Crippen molar-refractivity contribution in [3.05, 3.63) is 53.5 Å². The molecule has 8 heteroatoms. The molecule has 0 fully saturated rings. The van der Waals surface area contributed by atoms with Gasteiger partial charge in [-0.05, 0) is 18.1 Å². The number of amidine groups is 1. The molecule has 0 bridgehead atoms. The van der Waals surface area contributed by atoms with E-state index in [9.17, 15) is 4.79 Å². The van der Waals surface area contributed by atoms with Gasteiger partial charge in [0.2, 0.25) is 5.88 Å². The Bertz CT molecular complexity index is 810. The molecule has 26 heavy (non-hydrogen) atoms. The molecular weight excluding hydrogens is 356 g/mol. The SMILES string of the molecule is COc1cnc(C(=O)Cc2cccc(C3(C)COCC(N)=N3)c2)cn1.Cl. The summed E-state index contributed by atoms with van der Waals surface area (Å²) in [4.78, 5) is 25.1. The van der Waals surface area contributed by atoms with Gasteiger partial charge in [0, 0.05) is 6.42 Å². The number of ketones is 1. The molecule has 1 aromatic carbocycles. The van der Waals surface area contributed by atoms with Crippen molar-refractivity contribution >= 4 is 24.0 Å². The summed E-state index contributed by atoms with van der Waals surface area (Å²) in [5.74, 6) is 0.739. The van der Waals surface area contributed by atoms with Crippen molar-refractivity contribution in [1.29, 1.82) is 0 Å². The van der Waals surface area contributed by atoms with Gasteiger partial charge in [0.25, 0.3) is 0 Å². The van der Waals surface area contributed by atoms with Gasteiger partial charge in [0.05, 0.1) is 26.1 Å². The number of aliphatic imine (C=N–C) groups is 1. The minimum Gasteiger partial charge on any atom is -0.480 e. The Kier molecular flexibility index (Phi) is 6.28. The van der Waals surface area contributed by atoms with Gasteiger partial charge in [-0.15, -0.1) is 12.4 Å². The summed E-state index contributed by atoms with van der Waals surface area (Å²) in [6, 6.07) is 7.73. The van der Waals surface area contributed by atoms with Crippen LogP contribution in [0.1, 0.15) is 28.5 Å². The van der Waals surface area contributed by atoms with Gasteiger partial charge >= 0.3 is 0 Å². The molecule has 0 spiro atoms. The topological polar surface area (TPSA) is 99.7 Å². The standard InChI is InChI=1S/C18H20N4O3.ClH/c1-18(11-25-10-16(19)22-18)13-5-3-4-12(6-13)7-15(23)14-8-21-17(24-2)9-20-14;/h3-6,8-9H,7,10-11H2,1-2H3,(H2,19,22);1H. The van der Waals surface area contributed by atoms with Crippen molar-refractivity contribution in [2.45, 2.75) is 18.9 Å². The average Bonchev–Trinajstić information content (AvgIpc) is 2.62. The van der Waals surface area contributed by atoms with Crippen LogP contribution in [0.4, 0.5) is 0 Å². The number of nitrogens with zero attached hydrogens (tertiary/aromatic N) is 3. The lowest BCUT2D eigenvalue weighted by molar-refractivity contribution is 0.0987. The maximum Gasteiger partial charge on any atom is 0.232 e. The minimum atomic E-state index is -0.540. The highest BCUT2D eigenvalue weighted by Crippen LogP contribution is 2.29. The summed E-state index contributed by atoms with van der Waals surface area (Å²) in [5, 5.41) is 0. The Balaban J connectivity index is 0.00000243. The highest BCUT2D eigenvalue weighted by atomic mass is 35.5. The third kappa shape index (κ3) is 4.36. The van der Waals surface area contributed by atoms with Gasteiger partial charge in [-0.2, -0.15) is 0 Å². The van der Waals surface area contributed by atoms with Crippen molar-refractivity contribution in [3.63, 3.8) is 0 Å². The third-order valence-electron chi connectivity index (χ3n) is 4.06. The van der Waals surface area contributed by atoms with E-state index in [0.717, 1.165) is 11.1 Å². The van der Waals surface area contributed by atoms with Gasteiger partial charge < -0.3 is 15.2 Å². The molecule has 1 aromatic heterocycles. The third-order valence-corrected chi connectivity index (χ3v) is 4.06. The lowest BCUT2D eigenvalue weighted by Crippen LogP contribution is -2.37. The summed E-state index contributed by atoms with van der Waals surface area (Å²) in [7, 11) is 1.50. The Hall–Kier alpha value is -2.51. The number of nitrogens with two attached hydrogens (primary N) is 1. The van der Waals surface area contributed by atoms with Crippen molar-refractivity contribution in [2.75, 3.05) is 20.3 Å². The van der Waals surface area contributed by atoms with Gasteiger partial charge in [0.15, 0.2) is 5.78 Å². The Morgan fingerprint density at radius 3 is 2.81 bits per heavy atom. The van der Waals surface area contributed by atoms with E-state index in [0.29, 0.717) is 30.6 Å². The fourth-order valence-corrected chi connectivity index (χ4v) is 2.74. The fraction of sp³-hybridized carbons (Fsp3) is 0.333. The maximum atomic E-state index is 12.4. The molecule has 0 amide bonds. The van der Waals surface area contributed by atoms with Gasteiger partial charge in [-0.25, -0.2) is 9.97 Å². The molecule has 138 valence electrons. The number of methoxy groups -OCH3 is 1. The molecule has 0 saturated heterocycles. The number of rotatable bonds is 5. The normalized spacial score (nSPS) is 19.2. The lowest BCUT2D eigenvalue weighted by Gasteiger charge is -2.30. The predicted molar refractivity (Wildman–Crippen MR) is 100 cm³/mol. The summed E-state index contributed by atoms with van der Waals surface area (Å²) in [6.45, 7) is 2.77. The van der Waals surface area contributed by atoms with E-state index in [2.05, 4.69) is 15.0 Å². The van der Waals surface area contributed by atoms with E-state index >= 15 is 0 Å². The van der Waals surface area contributed by atoms with Crippen LogP contribution < -0.4 is 10.5 Å². The highest BCUT2D eigenvalue weighted by molar-refractivity contribution is 5.95. The number of aromatic nitrogens is 2. The van der Waals surface area contributed by atoms with Crippen molar-refractivity contribution in [3.8, 4) is 5.88 Å². The van der Waals surface area contributed by atoms with Crippen molar-refractivity contribution < 1.29 is 14.3 Å². The highest BCUT2D eigenvalue weighted by Gasteiger charge is 2.30. The minimum absolute atomic E-state index is 0. The number of hydrogen-bond donors (Lipinski definition) is 1. The summed E-state index contributed by atoms with van der Waals surface area (Å²) in [6.07, 6.45) is 3.08. The molecule has 7 nitrogen and oxygen atoms in total. The van der Waals surface area contributed by atoms with Crippen LogP contribution >= 0.6 is 12.4 Å². The molecule has 0 saturated carbocycles. The first-order valence-corrected chi connectivity index (χ1v) is 7.91. The monoisotopic (exact) mass is 376 g/mol. The number of hydrogen-bond acceptors (Lipinski definition) is 7. The summed E-state index contributed by atoms with van der Waals surface area (Å²) < 4.78 is 10.5. The van der Waals surface area contributed by atoms with Crippen molar-refractivity contribution in [2.24, 2.45) is 10.7 Å². The smallest absolute Gasteiger partial charge is 0.232 e. The molecule has 2 aromatic rings. The van der Waals surface area contributed by atoms with Crippen LogP contribution in [0, 0.1) is 0 Å². The van der Waals surface area contributed by atoms with Crippen LogP contribution in [0.2, 0.25) is 0 Å². The van der Waals surface area contributed by atoms with Crippen LogP contribution in [0.25, 0.3) is 0 Å². The van der Waals surface area contributed by atoms with E-state index < -0.39 is 5.54 Å². The van der Waals surface area contributed by atoms with Crippen LogP contribution in [0.3, 0.4) is 0 Å². The first-order valence-electron chi connectivity index (χ1n) is 7.91. The van der Waals surface area contributed by atoms with E-state index in [4.69, 9.17) is 15.2 Å². The Morgan fingerprint density at radius 2 is 2.15 bits per heavy atom. The second kappa shape index (κ2) is 8.25. The molecule has 1 aliphatic rings.